The van der Waals surface area contributed by atoms with Crippen LogP contribution in [-0.4, -0.2) is 23.3 Å². The van der Waals surface area contributed by atoms with Crippen LogP contribution in [0.25, 0.3) is 5.69 Å². The molecule has 190 valence electrons. The third-order valence-electron chi connectivity index (χ3n) is 5.70. The van der Waals surface area contributed by atoms with Gasteiger partial charge in [0.25, 0.3) is 5.91 Å². The molecule has 0 saturated carbocycles. The van der Waals surface area contributed by atoms with Gasteiger partial charge in [-0.15, -0.1) is 0 Å². The minimum atomic E-state index is -0.316. The quantitative estimate of drug-likeness (QED) is 0.181. The Morgan fingerprint density at radius 3 is 2.27 bits per heavy atom. The van der Waals surface area contributed by atoms with Crippen LogP contribution in [0.15, 0.2) is 82.4 Å². The van der Waals surface area contributed by atoms with Crippen LogP contribution in [0.4, 0.5) is 4.39 Å². The average Bonchev–Trinajstić information content (AvgIpc) is 3.23. The maximum atomic E-state index is 13.1. The molecular formula is C29H27BrFN3O3. The van der Waals surface area contributed by atoms with Gasteiger partial charge in [0, 0.05) is 32.7 Å². The molecule has 0 spiro atoms. The zero-order valence-corrected chi connectivity index (χ0v) is 22.4. The molecule has 0 unspecified atom stereocenters. The molecule has 0 fully saturated rings. The van der Waals surface area contributed by atoms with Gasteiger partial charge in [0.1, 0.15) is 12.4 Å². The minimum Gasteiger partial charge on any atom is -0.490 e. The highest BCUT2D eigenvalue weighted by Gasteiger charge is 2.12. The van der Waals surface area contributed by atoms with Crippen molar-refractivity contribution in [3.8, 4) is 17.2 Å². The highest BCUT2D eigenvalue weighted by atomic mass is 79.9. The van der Waals surface area contributed by atoms with Crippen LogP contribution >= 0.6 is 15.9 Å². The van der Waals surface area contributed by atoms with Crippen LogP contribution in [0.5, 0.6) is 11.5 Å². The van der Waals surface area contributed by atoms with E-state index in [0.717, 1.165) is 22.6 Å². The summed E-state index contributed by atoms with van der Waals surface area (Å²) in [5.41, 5.74) is 7.86. The summed E-state index contributed by atoms with van der Waals surface area (Å²) < 4.78 is 27.6. The van der Waals surface area contributed by atoms with Crippen molar-refractivity contribution in [1.82, 2.24) is 9.99 Å². The van der Waals surface area contributed by atoms with Gasteiger partial charge in [-0.1, -0.05) is 12.1 Å². The first-order valence-corrected chi connectivity index (χ1v) is 12.6. The Bertz CT molecular complexity index is 1390. The highest BCUT2D eigenvalue weighted by molar-refractivity contribution is 9.10. The van der Waals surface area contributed by atoms with Gasteiger partial charge in [0.05, 0.1) is 12.8 Å². The van der Waals surface area contributed by atoms with Gasteiger partial charge in [-0.05, 0) is 103 Å². The monoisotopic (exact) mass is 563 g/mol. The van der Waals surface area contributed by atoms with E-state index in [4.69, 9.17) is 9.47 Å². The Labute approximate surface area is 223 Å². The molecule has 1 amide bonds. The molecule has 0 radical (unpaired) electrons. The lowest BCUT2D eigenvalue weighted by Gasteiger charge is -2.14. The van der Waals surface area contributed by atoms with Crippen LogP contribution in [0.1, 0.15) is 39.8 Å². The van der Waals surface area contributed by atoms with E-state index in [1.165, 1.54) is 18.3 Å². The average molecular weight is 564 g/mol. The number of hydrogen-bond acceptors (Lipinski definition) is 4. The first-order valence-electron chi connectivity index (χ1n) is 11.8. The number of aromatic nitrogens is 1. The van der Waals surface area contributed by atoms with Crippen LogP contribution in [0, 0.1) is 19.7 Å². The molecule has 1 N–H and O–H groups in total. The molecule has 0 saturated heterocycles. The van der Waals surface area contributed by atoms with Crippen LogP contribution < -0.4 is 14.9 Å². The number of benzene rings is 3. The number of aryl methyl sites for hydroxylation is 2. The number of nitrogens with one attached hydrogen (secondary N) is 1. The summed E-state index contributed by atoms with van der Waals surface area (Å²) in [6.45, 7) is 6.67. The van der Waals surface area contributed by atoms with Crippen molar-refractivity contribution in [2.24, 2.45) is 5.10 Å². The predicted octanol–water partition coefficient (Wildman–Crippen LogP) is 6.74. The number of hydrogen-bond donors (Lipinski definition) is 1. The summed E-state index contributed by atoms with van der Waals surface area (Å²) in [5.74, 6) is 0.458. The molecule has 4 rings (SSSR count). The van der Waals surface area contributed by atoms with Crippen molar-refractivity contribution in [2.75, 3.05) is 6.61 Å². The number of halogens is 2. The van der Waals surface area contributed by atoms with Crippen molar-refractivity contribution in [2.45, 2.75) is 27.4 Å². The second-order valence-corrected chi connectivity index (χ2v) is 9.22. The summed E-state index contributed by atoms with van der Waals surface area (Å²) in [6.07, 6.45) is 1.54. The maximum absolute atomic E-state index is 13.1. The largest absolute Gasteiger partial charge is 0.490 e. The van der Waals surface area contributed by atoms with Crippen molar-refractivity contribution >= 4 is 28.1 Å². The fraction of sp³-hybridized carbons (Fsp3) is 0.172. The molecule has 0 bridgehead atoms. The van der Waals surface area contributed by atoms with Gasteiger partial charge in [0.15, 0.2) is 11.5 Å². The smallest absolute Gasteiger partial charge is 0.271 e. The van der Waals surface area contributed by atoms with Crippen molar-refractivity contribution < 1.29 is 18.7 Å². The van der Waals surface area contributed by atoms with Gasteiger partial charge < -0.3 is 14.0 Å². The number of carbonyl (C=O) groups excluding carboxylic acids is 1. The minimum absolute atomic E-state index is 0.262. The van der Waals surface area contributed by atoms with Gasteiger partial charge in [-0.25, -0.2) is 9.82 Å². The van der Waals surface area contributed by atoms with Crippen molar-refractivity contribution in [3.05, 3.63) is 111 Å². The van der Waals surface area contributed by atoms with Crippen LogP contribution in [0.2, 0.25) is 0 Å². The molecule has 0 atom stereocenters. The molecule has 0 aliphatic heterocycles. The molecular weight excluding hydrogens is 537 g/mol. The van der Waals surface area contributed by atoms with E-state index >= 15 is 0 Å². The van der Waals surface area contributed by atoms with E-state index < -0.39 is 0 Å². The molecule has 37 heavy (non-hydrogen) atoms. The summed E-state index contributed by atoms with van der Waals surface area (Å²) >= 11 is 3.53. The number of hydrazone groups is 1. The SMILES string of the molecule is CCOc1cc(/C=N\NC(=O)c2ccc(-n3c(C)ccc3C)cc2)c(Br)cc1OCc1ccc(F)cc1. The number of ether oxygens (including phenoxy) is 2. The Kier molecular flexibility index (Phi) is 8.40. The lowest BCUT2D eigenvalue weighted by molar-refractivity contribution is 0.0955. The molecule has 6 nitrogen and oxygen atoms in total. The van der Waals surface area contributed by atoms with Crippen LogP contribution in [0.3, 0.4) is 0 Å². The van der Waals surface area contributed by atoms with Crippen molar-refractivity contribution in [1.29, 1.82) is 0 Å². The number of nitrogens with zero attached hydrogens (tertiary/aromatic N) is 2. The zero-order valence-electron chi connectivity index (χ0n) is 20.8. The molecule has 3 aromatic carbocycles. The summed E-state index contributed by atoms with van der Waals surface area (Å²) in [5, 5.41) is 4.12. The van der Waals surface area contributed by atoms with Crippen molar-refractivity contribution in [3.63, 3.8) is 0 Å². The summed E-state index contributed by atoms with van der Waals surface area (Å²) in [4.78, 5) is 12.6. The number of amides is 1. The Hall–Kier alpha value is -3.91. The van der Waals surface area contributed by atoms with Gasteiger partial charge in [-0.3, -0.25) is 4.79 Å². The summed E-state index contributed by atoms with van der Waals surface area (Å²) in [7, 11) is 0. The van der Waals surface area contributed by atoms with E-state index in [2.05, 4.69) is 43.2 Å². The fourth-order valence-corrected chi connectivity index (χ4v) is 4.26. The lowest BCUT2D eigenvalue weighted by Crippen LogP contribution is -2.17. The Morgan fingerprint density at radius 2 is 1.62 bits per heavy atom. The van der Waals surface area contributed by atoms with E-state index in [1.807, 2.05) is 32.9 Å². The third-order valence-corrected chi connectivity index (χ3v) is 6.39. The lowest BCUT2D eigenvalue weighted by atomic mass is 10.2. The van der Waals surface area contributed by atoms with Gasteiger partial charge >= 0.3 is 0 Å². The normalized spacial score (nSPS) is 11.1. The topological polar surface area (TPSA) is 64.8 Å². The third kappa shape index (κ3) is 6.46. The molecule has 0 aliphatic rings. The van der Waals surface area contributed by atoms with Crippen LogP contribution in [-0.2, 0) is 6.61 Å². The Morgan fingerprint density at radius 1 is 0.973 bits per heavy atom. The first kappa shape index (κ1) is 26.2. The summed E-state index contributed by atoms with van der Waals surface area (Å²) in [6, 6.07) is 21.2. The first-order chi connectivity index (χ1) is 17.9. The van der Waals surface area contributed by atoms with E-state index in [1.54, 1.807) is 36.4 Å². The van der Waals surface area contributed by atoms with E-state index in [0.29, 0.717) is 33.7 Å². The van der Waals surface area contributed by atoms with Gasteiger partial charge in [-0.2, -0.15) is 5.10 Å². The number of rotatable bonds is 9. The van der Waals surface area contributed by atoms with E-state index in [-0.39, 0.29) is 18.3 Å². The fourth-order valence-electron chi connectivity index (χ4n) is 3.84. The zero-order chi connectivity index (χ0) is 26.4. The predicted molar refractivity (Wildman–Crippen MR) is 146 cm³/mol. The van der Waals surface area contributed by atoms with E-state index in [9.17, 15) is 9.18 Å². The standard InChI is InChI=1S/C29H27BrFN3O3/c1-4-36-27-15-23(26(30)16-28(27)37-18-21-7-11-24(31)12-8-21)17-32-33-29(35)22-9-13-25(14-10-22)34-19(2)5-6-20(34)3/h5-17H,4,18H2,1-3H3,(H,33,35)/b32-17-. The molecule has 8 heteroatoms. The second-order valence-electron chi connectivity index (χ2n) is 8.37. The highest BCUT2D eigenvalue weighted by Crippen LogP contribution is 2.34. The Balaban J connectivity index is 1.43. The number of carbonyl (C=O) groups is 1. The second kappa shape index (κ2) is 11.9. The molecule has 4 aromatic rings. The molecule has 1 aromatic heterocycles. The maximum Gasteiger partial charge on any atom is 0.271 e. The van der Waals surface area contributed by atoms with Gasteiger partial charge in [0.2, 0.25) is 0 Å². The molecule has 1 heterocycles. The molecule has 0 aliphatic carbocycles.